The summed E-state index contributed by atoms with van der Waals surface area (Å²) in [7, 11) is 3.40. The van der Waals surface area contributed by atoms with Crippen LogP contribution in [0.5, 0.6) is 5.75 Å². The average Bonchev–Trinajstić information content (AvgIpc) is 2.78. The third-order valence-electron chi connectivity index (χ3n) is 5.18. The van der Waals surface area contributed by atoms with Gasteiger partial charge in [0.05, 0.1) is 19.5 Å². The molecule has 1 aromatic heterocycles. The summed E-state index contributed by atoms with van der Waals surface area (Å²) in [5.74, 6) is -0.235. The molecule has 0 bridgehead atoms. The van der Waals surface area contributed by atoms with E-state index >= 15 is 0 Å². The molecule has 1 aromatic carbocycles. The largest absolute Gasteiger partial charge is 0.507 e. The number of ether oxygens (including phenoxy) is 1. The molecule has 0 aliphatic carbocycles. The lowest BCUT2D eigenvalue weighted by Gasteiger charge is -2.30. The van der Waals surface area contributed by atoms with Gasteiger partial charge in [0.15, 0.2) is 0 Å². The van der Waals surface area contributed by atoms with Gasteiger partial charge < -0.3 is 14.7 Å². The van der Waals surface area contributed by atoms with E-state index in [1.165, 1.54) is 17.9 Å². The summed E-state index contributed by atoms with van der Waals surface area (Å²) in [5.41, 5.74) is 2.23. The summed E-state index contributed by atoms with van der Waals surface area (Å²) in [6.07, 6.45) is -2.65. The number of aromatic nitrogens is 2. The van der Waals surface area contributed by atoms with Crippen LogP contribution in [0.2, 0.25) is 0 Å². The minimum Gasteiger partial charge on any atom is -0.507 e. The molecule has 1 aliphatic heterocycles. The summed E-state index contributed by atoms with van der Waals surface area (Å²) < 4.78 is 31.4. The number of likely N-dealkylation sites (N-methyl/N-ethyl adjacent to an activating group) is 1. The number of hydrogen-bond acceptors (Lipinski definition) is 8. The van der Waals surface area contributed by atoms with Crippen molar-refractivity contribution in [3.63, 3.8) is 0 Å². The van der Waals surface area contributed by atoms with Crippen LogP contribution in [0.3, 0.4) is 0 Å². The predicted molar refractivity (Wildman–Crippen MR) is 121 cm³/mol. The number of hydrogen-bond donors (Lipinski definition) is 1. The minimum atomic E-state index is -2.65. The van der Waals surface area contributed by atoms with Crippen LogP contribution in [-0.2, 0) is 9.53 Å². The second-order valence-electron chi connectivity index (χ2n) is 7.62. The highest BCUT2D eigenvalue weighted by Gasteiger charge is 2.17. The molecule has 11 heteroatoms. The van der Waals surface area contributed by atoms with Gasteiger partial charge in [0, 0.05) is 49.7 Å². The average molecular weight is 465 g/mol. The maximum atomic E-state index is 13.0. The van der Waals surface area contributed by atoms with E-state index in [-0.39, 0.29) is 11.3 Å². The fourth-order valence-electron chi connectivity index (χ4n) is 3.42. The molecule has 0 spiro atoms. The molecule has 9 nitrogen and oxygen atoms in total. The van der Waals surface area contributed by atoms with Gasteiger partial charge >= 0.3 is 0 Å². The van der Waals surface area contributed by atoms with Gasteiger partial charge in [-0.3, -0.25) is 9.69 Å². The quantitative estimate of drug-likeness (QED) is 0.520. The molecule has 1 N–H and O–H groups in total. The van der Waals surface area contributed by atoms with Crippen molar-refractivity contribution >= 4 is 13.2 Å². The van der Waals surface area contributed by atoms with E-state index < -0.39 is 6.43 Å². The number of nitrogens with zero attached hydrogens (tertiary/aromatic N) is 6. The predicted octanol–water partition coefficient (Wildman–Crippen LogP) is 2.17. The smallest absolute Gasteiger partial charge is 0.292 e. The molecule has 0 unspecified atom stereocenters. The van der Waals surface area contributed by atoms with Gasteiger partial charge in [-0.25, -0.2) is 23.4 Å². The number of halogens is 2. The van der Waals surface area contributed by atoms with Crippen molar-refractivity contribution in [2.45, 2.75) is 20.3 Å². The van der Waals surface area contributed by atoms with E-state index in [4.69, 9.17) is 4.79 Å². The van der Waals surface area contributed by atoms with Gasteiger partial charge in [-0.05, 0) is 44.7 Å². The Balaban J connectivity index is 0.000000890. The molecule has 0 atom stereocenters. The first-order valence-electron chi connectivity index (χ1n) is 10.3. The van der Waals surface area contributed by atoms with Crippen molar-refractivity contribution < 1.29 is 23.4 Å². The van der Waals surface area contributed by atoms with Crippen LogP contribution in [0.1, 0.15) is 23.2 Å². The van der Waals surface area contributed by atoms with Gasteiger partial charge in [-0.2, -0.15) is 5.10 Å². The highest BCUT2D eigenvalue weighted by molar-refractivity contribution is 5.71. The summed E-state index contributed by atoms with van der Waals surface area (Å²) in [4.78, 5) is 22.6. The Hall–Kier alpha value is -3.18. The van der Waals surface area contributed by atoms with E-state index in [0.29, 0.717) is 35.6 Å². The first-order valence-corrected chi connectivity index (χ1v) is 10.3. The van der Waals surface area contributed by atoms with Crippen molar-refractivity contribution in [2.75, 3.05) is 47.0 Å². The Kier molecular flexibility index (Phi) is 9.61. The topological polar surface area (TPSA) is 95.5 Å². The number of carbonyl (C=O) groups excluding carboxylic acids is 1. The second-order valence-corrected chi connectivity index (χ2v) is 7.62. The molecule has 0 radical (unpaired) electrons. The number of alkyl halides is 2. The van der Waals surface area contributed by atoms with Crippen LogP contribution < -0.4 is 5.62 Å². The molecular weight excluding hydrogens is 434 g/mol. The maximum Gasteiger partial charge on any atom is 0.292 e. The second kappa shape index (κ2) is 12.2. The number of aromatic hydroxyl groups is 1. The van der Waals surface area contributed by atoms with Crippen LogP contribution in [0.15, 0.2) is 28.3 Å². The first-order chi connectivity index (χ1) is 15.7. The fraction of sp³-hybridized carbons (Fsp3) is 0.455. The Morgan fingerprint density at radius 1 is 1.24 bits per heavy atom. The number of phenolic OH excluding ortho intramolecular Hbond substituents is 1. The lowest BCUT2D eigenvalue weighted by molar-refractivity contribution is -0.126. The summed E-state index contributed by atoms with van der Waals surface area (Å²) in [6, 6.07) is 4.18. The Bertz CT molecular complexity index is 1010. The molecular formula is C22H30F2N6O3. The van der Waals surface area contributed by atoms with E-state index in [1.807, 2.05) is 6.92 Å². The highest BCUT2D eigenvalue weighted by atomic mass is 19.3. The van der Waals surface area contributed by atoms with E-state index in [1.54, 1.807) is 13.0 Å². The Labute approximate surface area is 191 Å². The third-order valence-corrected chi connectivity index (χ3v) is 5.18. The maximum absolute atomic E-state index is 13.0. The monoisotopic (exact) mass is 464 g/mol. The zero-order valence-corrected chi connectivity index (χ0v) is 19.3. The van der Waals surface area contributed by atoms with Crippen LogP contribution in [0.4, 0.5) is 8.78 Å². The Morgan fingerprint density at radius 2 is 1.88 bits per heavy atom. The third kappa shape index (κ3) is 6.90. The lowest BCUT2D eigenvalue weighted by Crippen LogP contribution is -2.44. The van der Waals surface area contributed by atoms with Crippen LogP contribution >= 0.6 is 0 Å². The minimum absolute atomic E-state index is 0.223. The number of aryl methyl sites for hydroxylation is 2. The molecule has 1 fully saturated rings. The number of phenols is 1. The molecule has 2 aromatic rings. The molecule has 3 rings (SSSR count). The summed E-state index contributed by atoms with van der Waals surface area (Å²) >= 11 is 0. The fourth-order valence-corrected chi connectivity index (χ4v) is 3.42. The van der Waals surface area contributed by atoms with E-state index in [2.05, 4.69) is 43.4 Å². The molecule has 0 amide bonds. The van der Waals surface area contributed by atoms with Crippen molar-refractivity contribution in [3.05, 3.63) is 40.6 Å². The van der Waals surface area contributed by atoms with Gasteiger partial charge in [0.1, 0.15) is 5.75 Å². The molecule has 33 heavy (non-hydrogen) atoms. The molecule has 180 valence electrons. The van der Waals surface area contributed by atoms with Crippen LogP contribution in [0.25, 0.3) is 11.3 Å². The van der Waals surface area contributed by atoms with Crippen molar-refractivity contribution in [1.29, 1.82) is 0 Å². The van der Waals surface area contributed by atoms with Gasteiger partial charge in [0.2, 0.25) is 5.62 Å². The van der Waals surface area contributed by atoms with E-state index in [9.17, 15) is 13.9 Å². The number of methoxy groups -OCH3 is 1. The van der Waals surface area contributed by atoms with Crippen LogP contribution in [-0.4, -0.2) is 84.8 Å². The molecule has 1 aliphatic rings. The lowest BCUT2D eigenvalue weighted by atomic mass is 10.0. The van der Waals surface area contributed by atoms with E-state index in [0.717, 1.165) is 37.9 Å². The molecule has 2 heterocycles. The highest BCUT2D eigenvalue weighted by Crippen LogP contribution is 2.35. The van der Waals surface area contributed by atoms with Crippen molar-refractivity contribution in [2.24, 2.45) is 10.1 Å². The molecule has 0 saturated carbocycles. The summed E-state index contributed by atoms with van der Waals surface area (Å²) in [5, 5.41) is 14.4. The number of piperazine rings is 1. The van der Waals surface area contributed by atoms with Gasteiger partial charge in [0.25, 0.3) is 12.9 Å². The van der Waals surface area contributed by atoms with Gasteiger partial charge in [-0.1, -0.05) is 0 Å². The standard InChI is InChI=1S/C20H26F2N6O.C2H4O2/c1-13-9-15(19(21)22)11-17(29)18(13)16-10-14(2)28(23-3)20(25-16)24-12-27-7-5-26(4)6-8-27;1-4-2-3/h9-11,19,29H,3,5-8,12H2,1-2,4H3;2H,1H3/b24-20-;. The Morgan fingerprint density at radius 3 is 2.39 bits per heavy atom. The number of benzene rings is 1. The summed E-state index contributed by atoms with van der Waals surface area (Å²) in [6.45, 7) is 11.7. The SMILES string of the molecule is C=Nn1c(C)cc(-c2c(C)cc(C(F)F)cc2O)n/c1=N/CN1CCN(C)CC1.COC=O. The number of carbonyl (C=O) groups is 1. The van der Waals surface area contributed by atoms with Crippen molar-refractivity contribution in [3.8, 4) is 17.0 Å². The van der Waals surface area contributed by atoms with Crippen LogP contribution in [0, 0.1) is 13.8 Å². The first kappa shape index (κ1) is 26.1. The zero-order chi connectivity index (χ0) is 24.5. The van der Waals surface area contributed by atoms with Gasteiger partial charge in [-0.15, -0.1) is 0 Å². The zero-order valence-electron chi connectivity index (χ0n) is 19.3. The molecule has 1 saturated heterocycles. The number of rotatable bonds is 6. The normalized spacial score (nSPS) is 15.2. The van der Waals surface area contributed by atoms with Crippen molar-refractivity contribution in [1.82, 2.24) is 19.5 Å².